The second-order valence-electron chi connectivity index (χ2n) is 7.80. The van der Waals surface area contributed by atoms with Crippen molar-refractivity contribution < 1.29 is 19.1 Å². The fourth-order valence-corrected chi connectivity index (χ4v) is 4.51. The van der Waals surface area contributed by atoms with Gasteiger partial charge in [-0.05, 0) is 35.7 Å². The Morgan fingerprint density at radius 2 is 1.58 bits per heavy atom. The number of rotatable bonds is 5. The van der Waals surface area contributed by atoms with Gasteiger partial charge in [-0.2, -0.15) is 0 Å². The molecule has 0 unspecified atom stereocenters. The summed E-state index contributed by atoms with van der Waals surface area (Å²) >= 11 is 0. The highest BCUT2D eigenvalue weighted by molar-refractivity contribution is 6.11. The lowest BCUT2D eigenvalue weighted by atomic mass is 9.85. The van der Waals surface area contributed by atoms with Crippen LogP contribution in [0.1, 0.15) is 28.0 Å². The maximum Gasteiger partial charge on any atom is 0.228 e. The molecule has 4 aromatic rings. The Bertz CT molecular complexity index is 1260. The Kier molecular flexibility index (Phi) is 4.36. The molecular formula is C25H18FN2O3-. The molecule has 0 radical (unpaired) electrons. The number of amides is 1. The second kappa shape index (κ2) is 7.09. The van der Waals surface area contributed by atoms with Crippen LogP contribution < -0.4 is 10.4 Å². The Labute approximate surface area is 177 Å². The first-order valence-electron chi connectivity index (χ1n) is 9.95. The highest BCUT2D eigenvalue weighted by atomic mass is 19.1. The average Bonchev–Trinajstić information content (AvgIpc) is 3.46. The number of halogens is 1. The Balaban J connectivity index is 1.54. The molecule has 0 saturated heterocycles. The van der Waals surface area contributed by atoms with Crippen LogP contribution in [0.2, 0.25) is 0 Å². The maximum atomic E-state index is 13.8. The number of aromatic amines is 1. The summed E-state index contributed by atoms with van der Waals surface area (Å²) in [7, 11) is 0. The van der Waals surface area contributed by atoms with Crippen LogP contribution in [0.15, 0.2) is 78.9 Å². The van der Waals surface area contributed by atoms with Crippen LogP contribution >= 0.6 is 0 Å². The van der Waals surface area contributed by atoms with E-state index in [1.54, 1.807) is 0 Å². The highest BCUT2D eigenvalue weighted by Crippen LogP contribution is 2.59. The van der Waals surface area contributed by atoms with Crippen molar-refractivity contribution in [3.63, 3.8) is 0 Å². The molecule has 1 aromatic heterocycles. The molecule has 154 valence electrons. The van der Waals surface area contributed by atoms with Crippen molar-refractivity contribution in [3.8, 4) is 0 Å². The van der Waals surface area contributed by atoms with E-state index in [4.69, 9.17) is 0 Å². The molecule has 0 bridgehead atoms. The number of carbonyl (C=O) groups excluding carboxylic acids is 2. The van der Waals surface area contributed by atoms with Gasteiger partial charge in [-0.1, -0.05) is 60.7 Å². The van der Waals surface area contributed by atoms with Crippen LogP contribution in [0, 0.1) is 11.7 Å². The van der Waals surface area contributed by atoms with Gasteiger partial charge in [0.05, 0.1) is 23.3 Å². The summed E-state index contributed by atoms with van der Waals surface area (Å²) in [5, 5.41) is 14.7. The van der Waals surface area contributed by atoms with E-state index in [9.17, 15) is 19.1 Å². The van der Waals surface area contributed by atoms with Crippen molar-refractivity contribution in [2.75, 3.05) is 5.32 Å². The smallest absolute Gasteiger partial charge is 0.228 e. The first kappa shape index (κ1) is 19.1. The molecule has 3 aromatic carbocycles. The third-order valence-electron chi connectivity index (χ3n) is 6.07. The van der Waals surface area contributed by atoms with Crippen molar-refractivity contribution >= 4 is 28.5 Å². The number of aromatic nitrogens is 1. The zero-order chi connectivity index (χ0) is 21.6. The van der Waals surface area contributed by atoms with Crippen molar-refractivity contribution in [2.45, 2.75) is 11.8 Å². The van der Waals surface area contributed by atoms with E-state index < -0.39 is 23.1 Å². The molecule has 5 rings (SSSR count). The van der Waals surface area contributed by atoms with Gasteiger partial charge in [0, 0.05) is 16.3 Å². The molecule has 1 atom stereocenters. The van der Waals surface area contributed by atoms with E-state index >= 15 is 0 Å². The Morgan fingerprint density at radius 3 is 2.16 bits per heavy atom. The quantitative estimate of drug-likeness (QED) is 0.524. The fraction of sp³-hybridized carbons (Fsp3) is 0.120. The summed E-state index contributed by atoms with van der Waals surface area (Å²) in [6.07, 6.45) is 0.588. The van der Waals surface area contributed by atoms with Crippen LogP contribution in [0.5, 0.6) is 0 Å². The van der Waals surface area contributed by atoms with Gasteiger partial charge in [0.25, 0.3) is 0 Å². The topological polar surface area (TPSA) is 85.0 Å². The van der Waals surface area contributed by atoms with Gasteiger partial charge in [0.15, 0.2) is 0 Å². The molecule has 1 fully saturated rings. The third-order valence-corrected chi connectivity index (χ3v) is 6.07. The summed E-state index contributed by atoms with van der Waals surface area (Å²) in [5.41, 5.74) is 1.70. The van der Waals surface area contributed by atoms with E-state index in [-0.39, 0.29) is 17.3 Å². The maximum absolute atomic E-state index is 13.8. The summed E-state index contributed by atoms with van der Waals surface area (Å²) < 4.78 is 13.8. The molecule has 31 heavy (non-hydrogen) atoms. The minimum atomic E-state index is -1.47. The van der Waals surface area contributed by atoms with Gasteiger partial charge in [-0.25, -0.2) is 4.39 Å². The van der Waals surface area contributed by atoms with Crippen LogP contribution in [0.25, 0.3) is 10.9 Å². The predicted molar refractivity (Wildman–Crippen MR) is 113 cm³/mol. The third kappa shape index (κ3) is 3.08. The molecular weight excluding hydrogens is 395 g/mol. The molecule has 1 heterocycles. The van der Waals surface area contributed by atoms with Gasteiger partial charge in [-0.3, -0.25) is 4.79 Å². The van der Waals surface area contributed by atoms with E-state index in [0.29, 0.717) is 17.3 Å². The number of fused-ring (bicyclic) bond motifs is 1. The largest absolute Gasteiger partial charge is 0.543 e. The van der Waals surface area contributed by atoms with Crippen molar-refractivity contribution in [1.82, 2.24) is 4.98 Å². The summed E-state index contributed by atoms with van der Waals surface area (Å²) in [6.45, 7) is 0. The standard InChI is InChI=1S/C25H19FN2O3/c26-17-11-12-20-18(13-17)21(22(27-20)24(30)31)28-23(29)19-14-25(19,15-7-3-1-4-8-15)16-9-5-2-6-10-16/h1-13,19,27H,14H2,(H,28,29)(H,30,31)/p-1/t19-/m1/s1. The number of nitrogens with one attached hydrogen (secondary N) is 2. The lowest BCUT2D eigenvalue weighted by Crippen LogP contribution is -2.26. The minimum absolute atomic E-state index is 0.0291. The van der Waals surface area contributed by atoms with Gasteiger partial charge in [-0.15, -0.1) is 0 Å². The zero-order valence-corrected chi connectivity index (χ0v) is 16.4. The van der Waals surface area contributed by atoms with Gasteiger partial charge >= 0.3 is 0 Å². The number of carboxylic acid groups (broad SMARTS) is 1. The van der Waals surface area contributed by atoms with Crippen LogP contribution in [-0.4, -0.2) is 16.9 Å². The van der Waals surface area contributed by atoms with Crippen LogP contribution in [0.4, 0.5) is 10.1 Å². The minimum Gasteiger partial charge on any atom is -0.543 e. The lowest BCUT2D eigenvalue weighted by molar-refractivity contribution is -0.255. The van der Waals surface area contributed by atoms with Crippen LogP contribution in [-0.2, 0) is 10.2 Å². The van der Waals surface area contributed by atoms with E-state index in [2.05, 4.69) is 10.3 Å². The molecule has 6 heteroatoms. The summed E-state index contributed by atoms with van der Waals surface area (Å²) in [5.74, 6) is -2.72. The first-order valence-corrected chi connectivity index (χ1v) is 9.95. The molecule has 1 aliphatic rings. The normalized spacial score (nSPS) is 16.7. The number of hydrogen-bond acceptors (Lipinski definition) is 3. The number of carbonyl (C=O) groups is 2. The van der Waals surface area contributed by atoms with E-state index in [0.717, 1.165) is 11.1 Å². The zero-order valence-electron chi connectivity index (χ0n) is 16.4. The SMILES string of the molecule is O=C([O-])c1[nH]c2ccc(F)cc2c1NC(=O)[C@H]1CC1(c1ccccc1)c1ccccc1. The second-order valence-corrected chi connectivity index (χ2v) is 7.80. The van der Waals surface area contributed by atoms with Gasteiger partial charge < -0.3 is 20.2 Å². The summed E-state index contributed by atoms with van der Waals surface area (Å²) in [4.78, 5) is 27.6. The molecule has 5 nitrogen and oxygen atoms in total. The Morgan fingerprint density at radius 1 is 0.968 bits per heavy atom. The highest BCUT2D eigenvalue weighted by Gasteiger charge is 2.60. The predicted octanol–water partition coefficient (Wildman–Crippen LogP) is 3.62. The number of anilines is 1. The lowest BCUT2D eigenvalue weighted by Gasteiger charge is -2.19. The molecule has 2 N–H and O–H groups in total. The van der Waals surface area contributed by atoms with E-state index in [1.165, 1.54) is 18.2 Å². The molecule has 0 spiro atoms. The molecule has 1 aliphatic carbocycles. The van der Waals surface area contributed by atoms with Gasteiger partial charge in [0.1, 0.15) is 5.82 Å². The average molecular weight is 413 g/mol. The van der Waals surface area contributed by atoms with Crippen molar-refractivity contribution in [3.05, 3.63) is 102 Å². The van der Waals surface area contributed by atoms with Crippen molar-refractivity contribution in [1.29, 1.82) is 0 Å². The van der Waals surface area contributed by atoms with Crippen LogP contribution in [0.3, 0.4) is 0 Å². The number of hydrogen-bond donors (Lipinski definition) is 2. The van der Waals surface area contributed by atoms with Crippen molar-refractivity contribution in [2.24, 2.45) is 5.92 Å². The number of H-pyrrole nitrogens is 1. The first-order chi connectivity index (χ1) is 15.0. The van der Waals surface area contributed by atoms with Gasteiger partial charge in [0.2, 0.25) is 5.91 Å². The van der Waals surface area contributed by atoms with E-state index in [1.807, 2.05) is 60.7 Å². The number of aromatic carboxylic acids is 1. The Hall–Kier alpha value is -3.93. The summed E-state index contributed by atoms with van der Waals surface area (Å²) in [6, 6.07) is 23.4. The number of benzene rings is 3. The molecule has 1 saturated carbocycles. The molecule has 0 aliphatic heterocycles. The fourth-order valence-electron chi connectivity index (χ4n) is 4.51. The monoisotopic (exact) mass is 413 g/mol. The number of carboxylic acids is 1. The molecule has 1 amide bonds.